The number of nitrogens with one attached hydrogen (secondary N) is 1. The van der Waals surface area contributed by atoms with Crippen molar-refractivity contribution in [3.05, 3.63) is 57.4 Å². The number of benzene rings is 1. The topological polar surface area (TPSA) is 98.9 Å². The molecule has 8 heteroatoms. The second kappa shape index (κ2) is 8.61. The van der Waals surface area contributed by atoms with E-state index in [9.17, 15) is 14.4 Å². The number of aryl methyl sites for hydroxylation is 1. The van der Waals surface area contributed by atoms with Gasteiger partial charge in [0.15, 0.2) is 11.5 Å². The van der Waals surface area contributed by atoms with Gasteiger partial charge in [-0.25, -0.2) is 14.8 Å². The predicted molar refractivity (Wildman–Crippen MR) is 114 cm³/mol. The minimum atomic E-state index is -0.568. The van der Waals surface area contributed by atoms with Crippen molar-refractivity contribution in [2.75, 3.05) is 0 Å². The summed E-state index contributed by atoms with van der Waals surface area (Å²) in [5.41, 5.74) is -0.0805. The van der Waals surface area contributed by atoms with Crippen molar-refractivity contribution >= 4 is 16.9 Å². The number of carbonyl (C=O) groups excluding carboxylic acids is 1. The molecular weight excluding hydrogens is 382 g/mol. The van der Waals surface area contributed by atoms with Crippen LogP contribution < -0.4 is 16.6 Å². The lowest BCUT2D eigenvalue weighted by molar-refractivity contribution is -0.122. The van der Waals surface area contributed by atoms with E-state index < -0.39 is 11.2 Å². The van der Waals surface area contributed by atoms with E-state index in [0.29, 0.717) is 5.82 Å². The third-order valence-corrected chi connectivity index (χ3v) is 5.63. The number of aromatic nitrogens is 4. The van der Waals surface area contributed by atoms with Crippen LogP contribution in [0, 0.1) is 0 Å². The highest BCUT2D eigenvalue weighted by molar-refractivity contribution is 5.78. The fraction of sp³-hybridized carbons (Fsp3) is 0.409. The van der Waals surface area contributed by atoms with Crippen LogP contribution in [0.2, 0.25) is 0 Å². The minimum absolute atomic E-state index is 0.108. The number of hydrogen-bond acceptors (Lipinski definition) is 5. The highest BCUT2D eigenvalue weighted by Crippen LogP contribution is 2.17. The Labute approximate surface area is 173 Å². The lowest BCUT2D eigenvalue weighted by atomic mass is 10.1. The van der Waals surface area contributed by atoms with Crippen LogP contribution in [0.3, 0.4) is 0 Å². The molecule has 1 aliphatic rings. The van der Waals surface area contributed by atoms with E-state index in [-0.39, 0.29) is 29.5 Å². The maximum absolute atomic E-state index is 12.9. The van der Waals surface area contributed by atoms with Crippen molar-refractivity contribution in [3.63, 3.8) is 0 Å². The molecule has 0 aliphatic heterocycles. The van der Waals surface area contributed by atoms with Crippen molar-refractivity contribution in [2.45, 2.75) is 51.1 Å². The summed E-state index contributed by atoms with van der Waals surface area (Å²) < 4.78 is 2.25. The zero-order valence-corrected chi connectivity index (χ0v) is 17.0. The van der Waals surface area contributed by atoms with Crippen molar-refractivity contribution in [1.29, 1.82) is 0 Å². The molecule has 2 heterocycles. The van der Waals surface area contributed by atoms with Crippen molar-refractivity contribution < 1.29 is 4.79 Å². The standard InChI is InChI=1S/C22H25N5O3/c1-26-20-17(13-23-19(25-20)15-9-5-4-6-10-15)21(29)27(22(26)30)14-18(28)24-16-11-7-2-3-8-12-16/h4-6,9-10,13,16H,2-3,7-8,11-12,14H2,1H3,(H,24,28). The predicted octanol–water partition coefficient (Wildman–Crippen LogP) is 2.00. The van der Waals surface area contributed by atoms with E-state index in [4.69, 9.17) is 0 Å². The number of rotatable bonds is 4. The quantitative estimate of drug-likeness (QED) is 0.667. The summed E-state index contributed by atoms with van der Waals surface area (Å²) in [6, 6.07) is 9.45. The number of amides is 1. The van der Waals surface area contributed by atoms with Crippen molar-refractivity contribution in [3.8, 4) is 11.4 Å². The molecule has 0 radical (unpaired) electrons. The van der Waals surface area contributed by atoms with Crippen LogP contribution in [0.1, 0.15) is 38.5 Å². The molecule has 156 valence electrons. The first-order chi connectivity index (χ1) is 14.5. The summed E-state index contributed by atoms with van der Waals surface area (Å²) in [6.45, 7) is -0.307. The van der Waals surface area contributed by atoms with E-state index in [1.165, 1.54) is 23.6 Å². The Morgan fingerprint density at radius 3 is 2.50 bits per heavy atom. The fourth-order valence-corrected chi connectivity index (χ4v) is 3.99. The monoisotopic (exact) mass is 407 g/mol. The summed E-state index contributed by atoms with van der Waals surface area (Å²) in [5.74, 6) is 0.114. The first-order valence-corrected chi connectivity index (χ1v) is 10.4. The van der Waals surface area contributed by atoms with Gasteiger partial charge >= 0.3 is 5.69 Å². The first kappa shape index (κ1) is 20.0. The molecule has 1 N–H and O–H groups in total. The summed E-state index contributed by atoms with van der Waals surface area (Å²) in [7, 11) is 1.55. The van der Waals surface area contributed by atoms with Crippen LogP contribution in [-0.4, -0.2) is 31.1 Å². The highest BCUT2D eigenvalue weighted by Gasteiger charge is 2.19. The molecule has 0 spiro atoms. The van der Waals surface area contributed by atoms with E-state index >= 15 is 0 Å². The van der Waals surface area contributed by atoms with Crippen LogP contribution in [-0.2, 0) is 18.4 Å². The largest absolute Gasteiger partial charge is 0.352 e. The maximum atomic E-state index is 12.9. The summed E-state index contributed by atoms with van der Waals surface area (Å²) in [5, 5.41) is 3.19. The Balaban J connectivity index is 1.65. The van der Waals surface area contributed by atoms with Crippen molar-refractivity contribution in [2.24, 2.45) is 7.05 Å². The zero-order valence-electron chi connectivity index (χ0n) is 17.0. The van der Waals surface area contributed by atoms with Crippen molar-refractivity contribution in [1.82, 2.24) is 24.4 Å². The van der Waals surface area contributed by atoms with Gasteiger partial charge in [-0.15, -0.1) is 0 Å². The Hall–Kier alpha value is -3.29. The molecule has 1 aliphatic carbocycles. The molecule has 2 aromatic heterocycles. The molecule has 8 nitrogen and oxygen atoms in total. The van der Waals surface area contributed by atoms with Crippen LogP contribution >= 0.6 is 0 Å². The smallest absolute Gasteiger partial charge is 0.332 e. The summed E-state index contributed by atoms with van der Waals surface area (Å²) in [4.78, 5) is 47.0. The van der Waals surface area contributed by atoms with Gasteiger partial charge in [-0.3, -0.25) is 18.7 Å². The minimum Gasteiger partial charge on any atom is -0.352 e. The number of carbonyl (C=O) groups is 1. The van der Waals surface area contributed by atoms with E-state index in [1.54, 1.807) is 7.05 Å². The Morgan fingerprint density at radius 2 is 1.80 bits per heavy atom. The van der Waals surface area contributed by atoms with Crippen LogP contribution in [0.5, 0.6) is 0 Å². The molecule has 1 amide bonds. The number of fused-ring (bicyclic) bond motifs is 1. The Bertz CT molecular complexity index is 1180. The number of hydrogen-bond donors (Lipinski definition) is 1. The van der Waals surface area contributed by atoms with Gasteiger partial charge in [0.2, 0.25) is 5.91 Å². The Kier molecular flexibility index (Phi) is 5.74. The molecule has 0 saturated heterocycles. The first-order valence-electron chi connectivity index (χ1n) is 10.4. The lowest BCUT2D eigenvalue weighted by Gasteiger charge is -2.17. The molecular formula is C22H25N5O3. The van der Waals surface area contributed by atoms with Gasteiger partial charge in [0.25, 0.3) is 5.56 Å². The maximum Gasteiger partial charge on any atom is 0.332 e. The van der Waals surface area contributed by atoms with Crippen LogP contribution in [0.25, 0.3) is 22.4 Å². The van der Waals surface area contributed by atoms with Gasteiger partial charge in [-0.05, 0) is 12.8 Å². The van der Waals surface area contributed by atoms with E-state index in [1.807, 2.05) is 30.3 Å². The summed E-state index contributed by atoms with van der Waals surface area (Å²) in [6.07, 6.45) is 7.84. The van der Waals surface area contributed by atoms with Gasteiger partial charge in [0, 0.05) is 24.8 Å². The SMILES string of the molecule is Cn1c(=O)n(CC(=O)NC2CCCCCC2)c(=O)c2cnc(-c3ccccc3)nc21. The van der Waals surface area contributed by atoms with Crippen LogP contribution in [0.15, 0.2) is 46.1 Å². The van der Waals surface area contributed by atoms with Gasteiger partial charge in [0.05, 0.1) is 0 Å². The molecule has 0 bridgehead atoms. The fourth-order valence-electron chi connectivity index (χ4n) is 3.99. The van der Waals surface area contributed by atoms with Gasteiger partial charge in [-0.1, -0.05) is 56.0 Å². The highest BCUT2D eigenvalue weighted by atomic mass is 16.2. The lowest BCUT2D eigenvalue weighted by Crippen LogP contribution is -2.45. The summed E-state index contributed by atoms with van der Waals surface area (Å²) >= 11 is 0. The average molecular weight is 407 g/mol. The van der Waals surface area contributed by atoms with Crippen LogP contribution in [0.4, 0.5) is 0 Å². The second-order valence-corrected chi connectivity index (χ2v) is 7.79. The van der Waals surface area contributed by atoms with E-state index in [2.05, 4.69) is 15.3 Å². The molecule has 1 aromatic carbocycles. The van der Waals surface area contributed by atoms with E-state index in [0.717, 1.165) is 35.8 Å². The Morgan fingerprint density at radius 1 is 1.10 bits per heavy atom. The molecule has 30 heavy (non-hydrogen) atoms. The van der Waals surface area contributed by atoms with Gasteiger partial charge in [0.1, 0.15) is 11.9 Å². The molecule has 1 saturated carbocycles. The molecule has 0 unspecified atom stereocenters. The molecule has 3 aromatic rings. The zero-order chi connectivity index (χ0) is 21.1. The molecule has 1 fully saturated rings. The number of nitrogens with zero attached hydrogens (tertiary/aromatic N) is 4. The third-order valence-electron chi connectivity index (χ3n) is 5.63. The normalized spacial score (nSPS) is 15.1. The average Bonchev–Trinajstić information content (AvgIpc) is 3.04. The third kappa shape index (κ3) is 4.03. The molecule has 0 atom stereocenters. The van der Waals surface area contributed by atoms with Gasteiger partial charge < -0.3 is 5.32 Å². The second-order valence-electron chi connectivity index (χ2n) is 7.79. The molecule has 4 rings (SSSR count). The van der Waals surface area contributed by atoms with Gasteiger partial charge in [-0.2, -0.15) is 0 Å².